The third kappa shape index (κ3) is 3.72. The predicted molar refractivity (Wildman–Crippen MR) is 42.6 cm³/mol. The lowest BCUT2D eigenvalue weighted by Crippen LogP contribution is -2.62. The maximum atomic E-state index is 12.3. The van der Waals surface area contributed by atoms with Gasteiger partial charge in [-0.25, -0.2) is 8.78 Å². The fraction of sp³-hybridized carbons (Fsp3) is 0.857. The van der Waals surface area contributed by atoms with Gasteiger partial charge in [0.25, 0.3) is 0 Å². The van der Waals surface area contributed by atoms with Crippen LogP contribution in [0.15, 0.2) is 0 Å². The molecule has 0 fully saturated rings. The Morgan fingerprint density at radius 3 is 1.94 bits per heavy atom. The summed E-state index contributed by atoms with van der Waals surface area (Å²) in [6.07, 6.45) is -9.28. The first-order chi connectivity index (χ1) is 7.32. The molecule has 1 atom stereocenters. The van der Waals surface area contributed by atoms with E-state index in [0.29, 0.717) is 0 Å². The highest BCUT2D eigenvalue weighted by atomic mass is 19.4. The molecule has 0 aliphatic carbocycles. The smallest absolute Gasteiger partial charge is 0.348 e. The molecular formula is C7H9F7N2O. The first kappa shape index (κ1) is 15.9. The van der Waals surface area contributed by atoms with E-state index in [-0.39, 0.29) is 6.92 Å². The molecule has 17 heavy (non-hydrogen) atoms. The van der Waals surface area contributed by atoms with E-state index in [1.54, 1.807) is 0 Å². The van der Waals surface area contributed by atoms with Gasteiger partial charge in [0.05, 0.1) is 6.54 Å². The second kappa shape index (κ2) is 4.67. The van der Waals surface area contributed by atoms with Crippen LogP contribution >= 0.6 is 0 Å². The first-order valence-corrected chi connectivity index (χ1v) is 4.12. The van der Waals surface area contributed by atoms with Gasteiger partial charge in [-0.15, -0.1) is 0 Å². The van der Waals surface area contributed by atoms with Crippen molar-refractivity contribution in [1.29, 1.82) is 0 Å². The normalized spacial score (nSPS) is 16.8. The Balaban J connectivity index is 4.59. The monoisotopic (exact) mass is 270 g/mol. The highest BCUT2D eigenvalue weighted by Crippen LogP contribution is 2.28. The number of hydrogen-bond donors (Lipinski definition) is 2. The second-order valence-electron chi connectivity index (χ2n) is 3.44. The predicted octanol–water partition coefficient (Wildman–Crippen LogP) is 1.28. The minimum Gasteiger partial charge on any atom is -0.348 e. The Hall–Kier alpha value is -1.06. The van der Waals surface area contributed by atoms with Gasteiger partial charge in [0.15, 0.2) is 5.54 Å². The summed E-state index contributed by atoms with van der Waals surface area (Å²) in [4.78, 5) is 10.8. The lowest BCUT2D eigenvalue weighted by atomic mass is 10.0. The highest BCUT2D eigenvalue weighted by molar-refractivity contribution is 5.86. The van der Waals surface area contributed by atoms with Crippen LogP contribution in [-0.4, -0.2) is 36.5 Å². The van der Waals surface area contributed by atoms with Gasteiger partial charge in [-0.2, -0.15) is 22.0 Å². The second-order valence-corrected chi connectivity index (χ2v) is 3.44. The van der Waals surface area contributed by atoms with Gasteiger partial charge in [0, 0.05) is 0 Å². The fourth-order valence-corrected chi connectivity index (χ4v) is 0.588. The number of nitrogens with two attached hydrogens (primary N) is 1. The molecule has 0 saturated heterocycles. The average molecular weight is 270 g/mol. The number of amides is 1. The number of hydrogen-bond acceptors (Lipinski definition) is 2. The van der Waals surface area contributed by atoms with Crippen LogP contribution in [0.25, 0.3) is 0 Å². The maximum absolute atomic E-state index is 12.3. The van der Waals surface area contributed by atoms with Crippen LogP contribution in [0.5, 0.6) is 0 Å². The molecule has 0 radical (unpaired) electrons. The molecule has 0 aliphatic rings. The van der Waals surface area contributed by atoms with Gasteiger partial charge in [-0.05, 0) is 6.92 Å². The van der Waals surface area contributed by atoms with Crippen molar-refractivity contribution < 1.29 is 35.5 Å². The molecule has 0 aromatic rings. The number of nitrogens with one attached hydrogen (secondary N) is 1. The van der Waals surface area contributed by atoms with Crippen molar-refractivity contribution in [2.75, 3.05) is 6.54 Å². The zero-order valence-electron chi connectivity index (χ0n) is 8.42. The summed E-state index contributed by atoms with van der Waals surface area (Å²) in [7, 11) is 0. The Morgan fingerprint density at radius 2 is 1.65 bits per heavy atom. The van der Waals surface area contributed by atoms with Crippen LogP contribution in [0.1, 0.15) is 6.92 Å². The Morgan fingerprint density at radius 1 is 1.24 bits per heavy atom. The summed E-state index contributed by atoms with van der Waals surface area (Å²) >= 11 is 0. The molecule has 0 aromatic carbocycles. The third-order valence-electron chi connectivity index (χ3n) is 1.86. The van der Waals surface area contributed by atoms with Gasteiger partial charge in [0.1, 0.15) is 0 Å². The van der Waals surface area contributed by atoms with Gasteiger partial charge >= 0.3 is 18.5 Å². The van der Waals surface area contributed by atoms with Crippen LogP contribution in [0, 0.1) is 0 Å². The molecule has 10 heteroatoms. The lowest BCUT2D eigenvalue weighted by molar-refractivity contribution is -0.189. The molecule has 3 nitrogen and oxygen atoms in total. The van der Waals surface area contributed by atoms with Crippen LogP contribution in [0.3, 0.4) is 0 Å². The van der Waals surface area contributed by atoms with Gasteiger partial charge in [0.2, 0.25) is 5.91 Å². The number of carbonyl (C=O) groups excluding carboxylic acids is 1. The average Bonchev–Trinajstić information content (AvgIpc) is 2.12. The molecule has 3 N–H and O–H groups in total. The lowest BCUT2D eigenvalue weighted by Gasteiger charge is -2.27. The number of rotatable bonds is 4. The standard InChI is InChI=1S/C7H9F7N2O/c1-5(15,7(12,13)14)4(17)16-2-6(10,11)3(8)9/h3H,2,15H2,1H3,(H,16,17). The number of carbonyl (C=O) groups is 1. The van der Waals surface area contributed by atoms with E-state index in [9.17, 15) is 35.5 Å². The van der Waals surface area contributed by atoms with Crippen molar-refractivity contribution in [2.45, 2.75) is 31.0 Å². The van der Waals surface area contributed by atoms with Crippen molar-refractivity contribution in [3.05, 3.63) is 0 Å². The quantitative estimate of drug-likeness (QED) is 0.756. The molecular weight excluding hydrogens is 261 g/mol. The maximum Gasteiger partial charge on any atom is 0.415 e. The summed E-state index contributed by atoms with van der Waals surface area (Å²) in [6.45, 7) is -1.69. The largest absolute Gasteiger partial charge is 0.415 e. The highest BCUT2D eigenvalue weighted by Gasteiger charge is 2.54. The molecule has 0 aliphatic heterocycles. The van der Waals surface area contributed by atoms with Crippen molar-refractivity contribution in [3.63, 3.8) is 0 Å². The minimum atomic E-state index is -5.18. The SMILES string of the molecule is CC(N)(C(=O)NCC(F)(F)C(F)F)C(F)(F)F. The van der Waals surface area contributed by atoms with Crippen LogP contribution in [0.4, 0.5) is 30.7 Å². The summed E-state index contributed by atoms with van der Waals surface area (Å²) in [5, 5.41) is 1.04. The fourth-order valence-electron chi connectivity index (χ4n) is 0.588. The summed E-state index contributed by atoms with van der Waals surface area (Å²) in [5.74, 6) is -6.62. The van der Waals surface area contributed by atoms with E-state index >= 15 is 0 Å². The first-order valence-electron chi connectivity index (χ1n) is 4.12. The van der Waals surface area contributed by atoms with E-state index in [2.05, 4.69) is 5.73 Å². The molecule has 0 heterocycles. The van der Waals surface area contributed by atoms with E-state index in [0.717, 1.165) is 5.32 Å². The third-order valence-corrected chi connectivity index (χ3v) is 1.86. The topological polar surface area (TPSA) is 55.1 Å². The van der Waals surface area contributed by atoms with E-state index in [1.165, 1.54) is 0 Å². The summed E-state index contributed by atoms with van der Waals surface area (Å²) in [5.41, 5.74) is 1.15. The zero-order valence-corrected chi connectivity index (χ0v) is 8.42. The van der Waals surface area contributed by atoms with Crippen LogP contribution < -0.4 is 11.1 Å². The summed E-state index contributed by atoms with van der Waals surface area (Å²) in [6, 6.07) is 0. The molecule has 1 unspecified atom stereocenters. The molecule has 102 valence electrons. The van der Waals surface area contributed by atoms with Crippen molar-refractivity contribution in [3.8, 4) is 0 Å². The molecule has 0 rings (SSSR count). The van der Waals surface area contributed by atoms with Gasteiger partial charge in [-0.1, -0.05) is 0 Å². The zero-order chi connectivity index (χ0) is 14.1. The summed E-state index contributed by atoms with van der Waals surface area (Å²) < 4.78 is 84.3. The van der Waals surface area contributed by atoms with E-state index in [1.807, 2.05) is 0 Å². The molecule has 0 saturated carbocycles. The van der Waals surface area contributed by atoms with Gasteiger partial charge < -0.3 is 11.1 Å². The molecule has 0 bridgehead atoms. The molecule has 0 spiro atoms. The van der Waals surface area contributed by atoms with Crippen LogP contribution in [0.2, 0.25) is 0 Å². The van der Waals surface area contributed by atoms with Crippen LogP contribution in [-0.2, 0) is 4.79 Å². The Bertz CT molecular complexity index is 286. The Labute approximate surface area is 91.1 Å². The van der Waals surface area contributed by atoms with Crippen molar-refractivity contribution >= 4 is 5.91 Å². The van der Waals surface area contributed by atoms with Gasteiger partial charge in [-0.3, -0.25) is 4.79 Å². The van der Waals surface area contributed by atoms with E-state index in [4.69, 9.17) is 0 Å². The molecule has 0 aromatic heterocycles. The Kier molecular flexibility index (Phi) is 4.38. The van der Waals surface area contributed by atoms with E-state index < -0.39 is 36.5 Å². The number of alkyl halides is 7. The van der Waals surface area contributed by atoms with Crippen molar-refractivity contribution in [1.82, 2.24) is 5.32 Å². The van der Waals surface area contributed by atoms with Crippen molar-refractivity contribution in [2.24, 2.45) is 5.73 Å². The number of halogens is 7. The minimum absolute atomic E-state index is 0.239. The molecule has 1 amide bonds.